The molecule has 20 heavy (non-hydrogen) atoms. The molecule has 111 valence electrons. The Labute approximate surface area is 122 Å². The molecule has 0 amide bonds. The molecule has 0 fully saturated rings. The van der Waals surface area contributed by atoms with Crippen LogP contribution in [0.25, 0.3) is 0 Å². The molecule has 1 radical (unpaired) electrons. The molecule has 0 atom stereocenters. The van der Waals surface area contributed by atoms with Gasteiger partial charge < -0.3 is 14.3 Å². The van der Waals surface area contributed by atoms with E-state index in [1.165, 1.54) is 13.2 Å². The summed E-state index contributed by atoms with van der Waals surface area (Å²) in [6, 6.07) is 4.73. The van der Waals surface area contributed by atoms with Gasteiger partial charge >= 0.3 is 5.97 Å². The molecule has 0 spiro atoms. The van der Waals surface area contributed by atoms with Crippen LogP contribution in [0, 0.1) is 0 Å². The van der Waals surface area contributed by atoms with Gasteiger partial charge in [0.25, 0.3) is 9.04 Å². The highest BCUT2D eigenvalue weighted by atomic mass is 28.3. The maximum absolute atomic E-state index is 11.0. The second kappa shape index (κ2) is 6.30. The molecule has 0 unspecified atom stereocenters. The van der Waals surface area contributed by atoms with E-state index < -0.39 is 15.0 Å². The molecule has 0 saturated heterocycles. The molecule has 1 rings (SSSR count). The van der Waals surface area contributed by atoms with E-state index >= 15 is 0 Å². The number of rotatable bonds is 5. The number of benzene rings is 1. The van der Waals surface area contributed by atoms with Crippen LogP contribution in [0.3, 0.4) is 0 Å². The first-order chi connectivity index (χ1) is 9.16. The van der Waals surface area contributed by atoms with Gasteiger partial charge in [0.05, 0.1) is 12.7 Å². The fraction of sp³-hybridized carbons (Fsp3) is 0.533. The second-order valence-electron chi connectivity index (χ2n) is 6.04. The minimum Gasteiger partial charge on any atom is -0.539 e. The van der Waals surface area contributed by atoms with Crippen LogP contribution in [-0.2, 0) is 0 Å². The third-order valence-corrected chi connectivity index (χ3v) is 5.86. The molecule has 0 aliphatic heterocycles. The van der Waals surface area contributed by atoms with E-state index in [1.807, 2.05) is 0 Å². The summed E-state index contributed by atoms with van der Waals surface area (Å²) in [4.78, 5) is 11.0. The van der Waals surface area contributed by atoms with Gasteiger partial charge in [-0.1, -0.05) is 34.6 Å². The van der Waals surface area contributed by atoms with Crippen molar-refractivity contribution in [3.63, 3.8) is 0 Å². The Balaban J connectivity index is 3.10. The van der Waals surface area contributed by atoms with Crippen LogP contribution in [0.15, 0.2) is 18.2 Å². The normalized spacial score (nSPS) is 11.8. The molecular weight excluding hydrogens is 272 g/mol. The predicted molar refractivity (Wildman–Crippen MR) is 81.1 cm³/mol. The Morgan fingerprint density at radius 1 is 1.25 bits per heavy atom. The number of carboxylic acids is 1. The van der Waals surface area contributed by atoms with Gasteiger partial charge in [-0.15, -0.1) is 0 Å². The first-order valence-corrected chi connectivity index (χ1v) is 8.12. The minimum absolute atomic E-state index is 0.0787. The van der Waals surface area contributed by atoms with Crippen molar-refractivity contribution in [2.45, 2.75) is 45.2 Å². The van der Waals surface area contributed by atoms with Gasteiger partial charge in [0.1, 0.15) is 5.75 Å². The third-order valence-electron chi connectivity index (χ3n) is 2.89. The molecule has 0 aliphatic rings. The number of hydrogen-bond donors (Lipinski definition) is 1. The summed E-state index contributed by atoms with van der Waals surface area (Å²) in [6.07, 6.45) is 0. The quantitative estimate of drug-likeness (QED) is 0.835. The van der Waals surface area contributed by atoms with Crippen molar-refractivity contribution in [3.05, 3.63) is 23.8 Å². The summed E-state index contributed by atoms with van der Waals surface area (Å²) in [5.41, 5.74) is 0.632. The van der Waals surface area contributed by atoms with E-state index in [4.69, 9.17) is 14.3 Å². The maximum atomic E-state index is 11.0. The summed E-state index contributed by atoms with van der Waals surface area (Å²) >= 11 is 0. The van der Waals surface area contributed by atoms with Crippen LogP contribution in [-0.4, -0.2) is 27.2 Å². The lowest BCUT2D eigenvalue weighted by Crippen LogP contribution is -2.35. The van der Waals surface area contributed by atoms with Gasteiger partial charge in [-0.25, -0.2) is 4.79 Å². The number of aromatic carboxylic acids is 1. The Morgan fingerprint density at radius 2 is 1.85 bits per heavy atom. The second-order valence-corrected chi connectivity index (χ2v) is 9.63. The topological polar surface area (TPSA) is 55.8 Å². The summed E-state index contributed by atoms with van der Waals surface area (Å²) in [6.45, 7) is 10.8. The zero-order valence-electron chi connectivity index (χ0n) is 13.0. The van der Waals surface area contributed by atoms with E-state index in [0.29, 0.717) is 17.0 Å². The average Bonchev–Trinajstić information content (AvgIpc) is 2.33. The summed E-state index contributed by atoms with van der Waals surface area (Å²) in [7, 11) is 0.399. The molecule has 5 heteroatoms. The molecule has 0 aliphatic carbocycles. The van der Waals surface area contributed by atoms with Gasteiger partial charge in [-0.05, 0) is 28.8 Å². The number of methoxy groups -OCH3 is 1. The molecule has 0 saturated carbocycles. The molecule has 1 aromatic rings. The molecule has 1 N–H and O–H groups in total. The van der Waals surface area contributed by atoms with Crippen LogP contribution < -0.4 is 9.16 Å². The van der Waals surface area contributed by atoms with Crippen molar-refractivity contribution in [2.75, 3.05) is 7.11 Å². The average molecular weight is 295 g/mol. The lowest BCUT2D eigenvalue weighted by Gasteiger charge is -2.31. The minimum atomic E-state index is -1.12. The van der Waals surface area contributed by atoms with Crippen molar-refractivity contribution in [2.24, 2.45) is 0 Å². The molecule has 1 aromatic carbocycles. The maximum Gasteiger partial charge on any atom is 0.335 e. The van der Waals surface area contributed by atoms with Gasteiger partial charge in [-0.2, -0.15) is 0 Å². The van der Waals surface area contributed by atoms with Crippen LogP contribution in [0.4, 0.5) is 0 Å². The molecule has 0 aromatic heterocycles. The Bertz CT molecular complexity index is 477. The Kier molecular flexibility index (Phi) is 5.22. The lowest BCUT2D eigenvalue weighted by molar-refractivity contribution is 0.0696. The highest BCUT2D eigenvalue weighted by Gasteiger charge is 2.34. The van der Waals surface area contributed by atoms with Gasteiger partial charge in [0, 0.05) is 0 Å². The van der Waals surface area contributed by atoms with Gasteiger partial charge in [0.2, 0.25) is 0 Å². The van der Waals surface area contributed by atoms with Crippen molar-refractivity contribution in [1.82, 2.24) is 0 Å². The largest absolute Gasteiger partial charge is 0.539 e. The van der Waals surface area contributed by atoms with E-state index in [9.17, 15) is 4.79 Å². The number of hydrogen-bond acceptors (Lipinski definition) is 3. The van der Waals surface area contributed by atoms with Crippen molar-refractivity contribution >= 4 is 15.0 Å². The van der Waals surface area contributed by atoms with Crippen LogP contribution >= 0.6 is 0 Å². The van der Waals surface area contributed by atoms with Gasteiger partial charge in [0.15, 0.2) is 5.75 Å². The SMILES string of the molecule is COc1cc(C(=O)O)ccc1O[Si](C(C)C)C(C)(C)C. The first-order valence-electron chi connectivity index (χ1n) is 6.63. The smallest absolute Gasteiger partial charge is 0.335 e. The first kappa shape index (κ1) is 16.6. The number of carboxylic acid groups (broad SMARTS) is 1. The third kappa shape index (κ3) is 4.00. The number of ether oxygens (including phenoxy) is 1. The van der Waals surface area contributed by atoms with Crippen LogP contribution in [0.1, 0.15) is 45.0 Å². The Morgan fingerprint density at radius 3 is 2.25 bits per heavy atom. The van der Waals surface area contributed by atoms with Gasteiger partial charge in [-0.3, -0.25) is 0 Å². The van der Waals surface area contributed by atoms with Crippen molar-refractivity contribution in [3.8, 4) is 11.5 Å². The van der Waals surface area contributed by atoms with Crippen LogP contribution in [0.5, 0.6) is 11.5 Å². The summed E-state index contributed by atoms with van der Waals surface area (Å²) in [5.74, 6) is 0.118. The molecular formula is C15H23O4Si. The zero-order chi connectivity index (χ0) is 15.5. The van der Waals surface area contributed by atoms with E-state index in [-0.39, 0.29) is 10.6 Å². The fourth-order valence-corrected chi connectivity index (χ4v) is 4.82. The zero-order valence-corrected chi connectivity index (χ0v) is 14.0. The highest BCUT2D eigenvalue weighted by molar-refractivity contribution is 6.57. The summed E-state index contributed by atoms with van der Waals surface area (Å²) < 4.78 is 11.4. The van der Waals surface area contributed by atoms with Crippen molar-refractivity contribution in [1.29, 1.82) is 0 Å². The van der Waals surface area contributed by atoms with E-state index in [1.54, 1.807) is 12.1 Å². The lowest BCUT2D eigenvalue weighted by atomic mass is 10.2. The fourth-order valence-electron chi connectivity index (χ4n) is 2.14. The molecule has 0 heterocycles. The summed E-state index contributed by atoms with van der Waals surface area (Å²) in [5, 5.41) is 9.08. The molecule has 4 nitrogen and oxygen atoms in total. The van der Waals surface area contributed by atoms with E-state index in [0.717, 1.165) is 0 Å². The molecule has 0 bridgehead atoms. The van der Waals surface area contributed by atoms with Crippen LogP contribution in [0.2, 0.25) is 10.6 Å². The highest BCUT2D eigenvalue weighted by Crippen LogP contribution is 2.38. The monoisotopic (exact) mass is 295 g/mol. The number of carbonyl (C=O) groups is 1. The standard InChI is InChI=1S/C15H23O4Si/c1-10(2)20(15(3,4)5)19-12-8-7-11(14(16)17)9-13(12)18-6/h7-10H,1-6H3,(H,16,17). The van der Waals surface area contributed by atoms with Crippen molar-refractivity contribution < 1.29 is 19.1 Å². The predicted octanol–water partition coefficient (Wildman–Crippen LogP) is 3.97. The Hall–Kier alpha value is -1.49. The van der Waals surface area contributed by atoms with E-state index in [2.05, 4.69) is 34.6 Å².